The van der Waals surface area contributed by atoms with Crippen LogP contribution >= 0.6 is 11.6 Å². The summed E-state index contributed by atoms with van der Waals surface area (Å²) < 4.78 is 6.16. The fraction of sp³-hybridized carbons (Fsp3) is 0.706. The van der Waals surface area contributed by atoms with Gasteiger partial charge in [-0.1, -0.05) is 31.9 Å². The summed E-state index contributed by atoms with van der Waals surface area (Å²) in [5.74, 6) is 1.39. The number of hydrogen-bond donors (Lipinski definition) is 1. The topological polar surface area (TPSA) is 34.1 Å². The maximum atomic E-state index is 6.22. The third kappa shape index (κ3) is 4.86. The fourth-order valence-electron chi connectivity index (χ4n) is 3.01. The van der Waals surface area contributed by atoms with E-state index in [1.54, 1.807) is 6.20 Å². The summed E-state index contributed by atoms with van der Waals surface area (Å²) in [6, 6.07) is 1.99. The van der Waals surface area contributed by atoms with E-state index in [1.165, 1.54) is 25.7 Å². The van der Waals surface area contributed by atoms with Crippen LogP contribution in [0.15, 0.2) is 12.3 Å². The zero-order chi connectivity index (χ0) is 15.1. The second kappa shape index (κ2) is 8.60. The summed E-state index contributed by atoms with van der Waals surface area (Å²) in [5.41, 5.74) is 1.07. The van der Waals surface area contributed by atoms with Gasteiger partial charge in [-0.05, 0) is 50.1 Å². The smallest absolute Gasteiger partial charge is 0.213 e. The lowest BCUT2D eigenvalue weighted by molar-refractivity contribution is 0.0858. The number of nitrogens with one attached hydrogen (secondary N) is 1. The van der Waals surface area contributed by atoms with Crippen molar-refractivity contribution in [3.8, 4) is 5.88 Å². The molecular weight excluding hydrogens is 284 g/mol. The number of hydrogen-bond acceptors (Lipinski definition) is 3. The molecule has 0 saturated heterocycles. The number of nitrogens with zero attached hydrogens (tertiary/aromatic N) is 1. The van der Waals surface area contributed by atoms with Crippen LogP contribution in [0.3, 0.4) is 0 Å². The highest BCUT2D eigenvalue weighted by atomic mass is 35.5. The molecule has 1 fully saturated rings. The van der Waals surface area contributed by atoms with Gasteiger partial charge in [0.05, 0.1) is 5.02 Å². The summed E-state index contributed by atoms with van der Waals surface area (Å²) in [5, 5.41) is 4.09. The maximum absolute atomic E-state index is 6.22. The third-order valence-electron chi connectivity index (χ3n) is 4.29. The SMILES string of the molecule is CCCNCc1cc(OC2CCCCC2CC)ncc1Cl. The molecule has 2 atom stereocenters. The van der Waals surface area contributed by atoms with Crippen LogP contribution in [0, 0.1) is 5.92 Å². The van der Waals surface area contributed by atoms with E-state index >= 15 is 0 Å². The van der Waals surface area contributed by atoms with Gasteiger partial charge in [0.15, 0.2) is 0 Å². The Bertz CT molecular complexity index is 439. The normalized spacial score (nSPS) is 22.2. The summed E-state index contributed by atoms with van der Waals surface area (Å²) in [4.78, 5) is 4.35. The molecule has 21 heavy (non-hydrogen) atoms. The molecule has 1 aromatic heterocycles. The van der Waals surface area contributed by atoms with Crippen molar-refractivity contribution < 1.29 is 4.74 Å². The lowest BCUT2D eigenvalue weighted by atomic mass is 9.85. The lowest BCUT2D eigenvalue weighted by Gasteiger charge is -2.30. The second-order valence-corrected chi connectivity index (χ2v) is 6.31. The third-order valence-corrected chi connectivity index (χ3v) is 4.63. The van der Waals surface area contributed by atoms with Gasteiger partial charge in [-0.15, -0.1) is 0 Å². The Balaban J connectivity index is 2.00. The van der Waals surface area contributed by atoms with Crippen molar-refractivity contribution in [2.75, 3.05) is 6.54 Å². The van der Waals surface area contributed by atoms with Crippen molar-refractivity contribution in [1.82, 2.24) is 10.3 Å². The molecule has 1 aliphatic carbocycles. The maximum Gasteiger partial charge on any atom is 0.213 e. The van der Waals surface area contributed by atoms with Gasteiger partial charge in [0.1, 0.15) is 6.10 Å². The first-order chi connectivity index (χ1) is 10.2. The molecule has 0 aliphatic heterocycles. The molecule has 0 amide bonds. The minimum Gasteiger partial charge on any atom is -0.474 e. The van der Waals surface area contributed by atoms with Crippen LogP contribution in [-0.2, 0) is 6.54 Å². The molecule has 1 aromatic rings. The van der Waals surface area contributed by atoms with Gasteiger partial charge in [0, 0.05) is 18.8 Å². The number of halogens is 1. The Morgan fingerprint density at radius 1 is 1.33 bits per heavy atom. The van der Waals surface area contributed by atoms with E-state index in [0.717, 1.165) is 37.4 Å². The van der Waals surface area contributed by atoms with Crippen molar-refractivity contribution in [2.24, 2.45) is 5.92 Å². The molecule has 118 valence electrons. The van der Waals surface area contributed by atoms with Crippen LogP contribution in [0.1, 0.15) is 57.9 Å². The molecule has 0 bridgehead atoms. The molecule has 0 aromatic carbocycles. The van der Waals surface area contributed by atoms with E-state index in [2.05, 4.69) is 24.1 Å². The largest absolute Gasteiger partial charge is 0.474 e. The van der Waals surface area contributed by atoms with Gasteiger partial charge in [-0.2, -0.15) is 0 Å². The van der Waals surface area contributed by atoms with Crippen molar-refractivity contribution in [3.05, 3.63) is 22.8 Å². The second-order valence-electron chi connectivity index (χ2n) is 5.90. The summed E-state index contributed by atoms with van der Waals surface area (Å²) in [6.07, 6.45) is 9.34. The van der Waals surface area contributed by atoms with Crippen LogP contribution < -0.4 is 10.1 Å². The zero-order valence-corrected chi connectivity index (χ0v) is 14.0. The quantitative estimate of drug-likeness (QED) is 0.748. The molecule has 2 unspecified atom stereocenters. The lowest BCUT2D eigenvalue weighted by Crippen LogP contribution is -2.30. The molecule has 0 radical (unpaired) electrons. The van der Waals surface area contributed by atoms with E-state index in [1.807, 2.05) is 6.07 Å². The van der Waals surface area contributed by atoms with Crippen LogP contribution in [0.5, 0.6) is 5.88 Å². The van der Waals surface area contributed by atoms with Gasteiger partial charge in [-0.25, -0.2) is 4.98 Å². The molecule has 1 N–H and O–H groups in total. The van der Waals surface area contributed by atoms with E-state index in [9.17, 15) is 0 Å². The average Bonchev–Trinajstić information content (AvgIpc) is 2.51. The van der Waals surface area contributed by atoms with E-state index < -0.39 is 0 Å². The minimum absolute atomic E-state index is 0.314. The molecule has 0 spiro atoms. The predicted molar refractivity (Wildman–Crippen MR) is 87.9 cm³/mol. The fourth-order valence-corrected chi connectivity index (χ4v) is 3.18. The summed E-state index contributed by atoms with van der Waals surface area (Å²) >= 11 is 6.22. The van der Waals surface area contributed by atoms with Crippen LogP contribution in [0.25, 0.3) is 0 Å². The molecular formula is C17H27ClN2O. The number of aromatic nitrogens is 1. The highest BCUT2D eigenvalue weighted by Crippen LogP contribution is 2.30. The number of ether oxygens (including phenoxy) is 1. The molecule has 1 saturated carbocycles. The molecule has 2 rings (SSSR count). The highest BCUT2D eigenvalue weighted by molar-refractivity contribution is 6.31. The Morgan fingerprint density at radius 3 is 2.90 bits per heavy atom. The van der Waals surface area contributed by atoms with Crippen molar-refractivity contribution >= 4 is 11.6 Å². The van der Waals surface area contributed by atoms with Gasteiger partial charge in [-0.3, -0.25) is 0 Å². The average molecular weight is 311 g/mol. The standard InChI is InChI=1S/C17H27ClN2O/c1-3-9-19-11-14-10-17(20-12-15(14)18)21-16-8-6-5-7-13(16)4-2/h10,12-13,16,19H,3-9,11H2,1-2H3. The van der Waals surface area contributed by atoms with Gasteiger partial charge >= 0.3 is 0 Å². The molecule has 1 aliphatic rings. The van der Waals surface area contributed by atoms with Crippen LogP contribution in [0.4, 0.5) is 0 Å². The number of pyridine rings is 1. The first kappa shape index (κ1) is 16.6. The van der Waals surface area contributed by atoms with E-state index in [0.29, 0.717) is 17.0 Å². The first-order valence-electron chi connectivity index (χ1n) is 8.26. The van der Waals surface area contributed by atoms with E-state index in [4.69, 9.17) is 16.3 Å². The monoisotopic (exact) mass is 310 g/mol. The Labute approximate surface area is 133 Å². The minimum atomic E-state index is 0.314. The van der Waals surface area contributed by atoms with Gasteiger partial charge < -0.3 is 10.1 Å². The molecule has 1 heterocycles. The highest BCUT2D eigenvalue weighted by Gasteiger charge is 2.25. The van der Waals surface area contributed by atoms with E-state index in [-0.39, 0.29) is 0 Å². The predicted octanol–water partition coefficient (Wildman–Crippen LogP) is 4.58. The van der Waals surface area contributed by atoms with Gasteiger partial charge in [0.25, 0.3) is 0 Å². The first-order valence-corrected chi connectivity index (χ1v) is 8.64. The zero-order valence-electron chi connectivity index (χ0n) is 13.2. The molecule has 4 heteroatoms. The van der Waals surface area contributed by atoms with Crippen molar-refractivity contribution in [1.29, 1.82) is 0 Å². The Morgan fingerprint density at radius 2 is 2.14 bits per heavy atom. The van der Waals surface area contributed by atoms with Crippen molar-refractivity contribution in [2.45, 2.75) is 65.0 Å². The van der Waals surface area contributed by atoms with Crippen LogP contribution in [0.2, 0.25) is 5.02 Å². The Kier molecular flexibility index (Phi) is 6.78. The Hall–Kier alpha value is -0.800. The van der Waals surface area contributed by atoms with Crippen LogP contribution in [-0.4, -0.2) is 17.6 Å². The summed E-state index contributed by atoms with van der Waals surface area (Å²) in [7, 11) is 0. The van der Waals surface area contributed by atoms with Crippen molar-refractivity contribution in [3.63, 3.8) is 0 Å². The number of rotatable bonds is 7. The summed E-state index contributed by atoms with van der Waals surface area (Å²) in [6.45, 7) is 6.17. The van der Waals surface area contributed by atoms with Gasteiger partial charge in [0.2, 0.25) is 5.88 Å². The molecule has 3 nitrogen and oxygen atoms in total.